The molecule has 15 heavy (non-hydrogen) atoms. The first-order valence-electron chi connectivity index (χ1n) is 5.08. The van der Waals surface area contributed by atoms with Gasteiger partial charge in [-0.1, -0.05) is 0 Å². The van der Waals surface area contributed by atoms with Crippen LogP contribution in [-0.2, 0) is 18.5 Å². The van der Waals surface area contributed by atoms with Crippen molar-refractivity contribution in [2.75, 3.05) is 19.5 Å². The third-order valence-corrected chi connectivity index (χ3v) is 3.71. The molecule has 0 saturated heterocycles. The molecular weight excluding hydrogens is 240 g/mol. The summed E-state index contributed by atoms with van der Waals surface area (Å²) in [6.45, 7) is 0.174. The van der Waals surface area contributed by atoms with E-state index in [1.807, 2.05) is 0 Å². The van der Waals surface area contributed by atoms with Gasteiger partial charge in [0.15, 0.2) is 0 Å². The molecule has 6 heteroatoms. The van der Waals surface area contributed by atoms with Crippen LogP contribution in [0.4, 0.5) is 0 Å². The number of halogens is 1. The van der Waals surface area contributed by atoms with Crippen molar-refractivity contribution in [2.45, 2.75) is 37.9 Å². The average Bonchev–Trinajstić information content (AvgIpc) is 2.16. The Hall–Kier alpha value is 0.160. The molecule has 4 nitrogen and oxygen atoms in total. The van der Waals surface area contributed by atoms with Gasteiger partial charge >= 0.3 is 0 Å². The highest BCUT2D eigenvalue weighted by Gasteiger charge is 2.22. The molecule has 0 aromatic carbocycles. The van der Waals surface area contributed by atoms with Crippen molar-refractivity contribution >= 4 is 19.7 Å². The second-order valence-corrected chi connectivity index (χ2v) is 6.66. The zero-order chi connectivity index (χ0) is 11.3. The van der Waals surface area contributed by atoms with E-state index >= 15 is 0 Å². The van der Waals surface area contributed by atoms with E-state index in [2.05, 4.69) is 0 Å². The smallest absolute Gasteiger partial charge is 0.234 e. The molecule has 0 spiro atoms. The molecule has 1 rings (SSSR count). The topological polar surface area (TPSA) is 52.6 Å². The lowest BCUT2D eigenvalue weighted by Crippen LogP contribution is -2.28. The fraction of sp³-hybridized carbons (Fsp3) is 1.00. The zero-order valence-electron chi connectivity index (χ0n) is 8.82. The normalized spacial score (nSPS) is 27.9. The molecule has 2 unspecified atom stereocenters. The van der Waals surface area contributed by atoms with Crippen molar-refractivity contribution in [2.24, 2.45) is 0 Å². The lowest BCUT2D eigenvalue weighted by molar-refractivity contribution is -0.0245. The highest BCUT2D eigenvalue weighted by Crippen LogP contribution is 2.22. The summed E-state index contributed by atoms with van der Waals surface area (Å²) >= 11 is 0. The zero-order valence-corrected chi connectivity index (χ0v) is 10.4. The summed E-state index contributed by atoms with van der Waals surface area (Å²) in [5.41, 5.74) is 0. The average molecular weight is 257 g/mol. The van der Waals surface area contributed by atoms with Gasteiger partial charge in [0.2, 0.25) is 9.05 Å². The Kier molecular flexibility index (Phi) is 5.32. The van der Waals surface area contributed by atoms with Gasteiger partial charge in [0.05, 0.1) is 24.6 Å². The summed E-state index contributed by atoms with van der Waals surface area (Å²) in [6.07, 6.45) is 4.31. The highest BCUT2D eigenvalue weighted by molar-refractivity contribution is 8.13. The molecule has 0 amide bonds. The first-order chi connectivity index (χ1) is 7.01. The molecule has 1 saturated carbocycles. The van der Waals surface area contributed by atoms with E-state index < -0.39 is 9.05 Å². The van der Waals surface area contributed by atoms with Gasteiger partial charge < -0.3 is 9.47 Å². The third-order valence-electron chi connectivity index (χ3n) is 2.59. The summed E-state index contributed by atoms with van der Waals surface area (Å²) in [4.78, 5) is 0. The summed E-state index contributed by atoms with van der Waals surface area (Å²) in [5, 5.41) is 0. The van der Waals surface area contributed by atoms with Gasteiger partial charge in [-0.25, -0.2) is 8.42 Å². The second-order valence-electron chi connectivity index (χ2n) is 3.76. The molecule has 1 aliphatic carbocycles. The fourth-order valence-corrected chi connectivity index (χ4v) is 2.27. The molecular formula is C9H17ClO4S. The molecule has 0 aromatic heterocycles. The minimum absolute atomic E-state index is 0.113. The van der Waals surface area contributed by atoms with Crippen molar-refractivity contribution in [3.05, 3.63) is 0 Å². The van der Waals surface area contributed by atoms with E-state index in [1.54, 1.807) is 7.11 Å². The minimum Gasteiger partial charge on any atom is -0.381 e. The summed E-state index contributed by atoms with van der Waals surface area (Å²) in [6, 6.07) is 0. The van der Waals surface area contributed by atoms with Crippen LogP contribution in [0.3, 0.4) is 0 Å². The lowest BCUT2D eigenvalue weighted by atomic mass is 9.95. The minimum atomic E-state index is -3.43. The van der Waals surface area contributed by atoms with Gasteiger partial charge in [-0.3, -0.25) is 0 Å². The quantitative estimate of drug-likeness (QED) is 0.700. The Morgan fingerprint density at radius 3 is 2.60 bits per heavy atom. The van der Waals surface area contributed by atoms with E-state index in [4.69, 9.17) is 20.2 Å². The van der Waals surface area contributed by atoms with Crippen molar-refractivity contribution in [1.29, 1.82) is 0 Å². The van der Waals surface area contributed by atoms with Gasteiger partial charge in [0.1, 0.15) is 0 Å². The number of ether oxygens (including phenoxy) is 2. The van der Waals surface area contributed by atoms with Crippen molar-refractivity contribution in [3.8, 4) is 0 Å². The van der Waals surface area contributed by atoms with Crippen LogP contribution in [0.15, 0.2) is 0 Å². The molecule has 0 N–H and O–H groups in total. The third kappa shape index (κ3) is 5.70. The van der Waals surface area contributed by atoms with Gasteiger partial charge in [0, 0.05) is 17.8 Å². The van der Waals surface area contributed by atoms with Crippen molar-refractivity contribution in [1.82, 2.24) is 0 Å². The van der Waals surface area contributed by atoms with Gasteiger partial charge in [-0.2, -0.15) is 0 Å². The Morgan fingerprint density at radius 1 is 1.33 bits per heavy atom. The maximum Gasteiger partial charge on any atom is 0.234 e. The molecule has 1 fully saturated rings. The molecule has 0 aliphatic heterocycles. The van der Waals surface area contributed by atoms with Crippen LogP contribution >= 0.6 is 10.7 Å². The van der Waals surface area contributed by atoms with Gasteiger partial charge in [0.25, 0.3) is 0 Å². The number of rotatable bonds is 5. The van der Waals surface area contributed by atoms with Crippen LogP contribution in [0.1, 0.15) is 25.7 Å². The Morgan fingerprint density at radius 2 is 2.00 bits per heavy atom. The van der Waals surface area contributed by atoms with E-state index in [-0.39, 0.29) is 24.6 Å². The van der Waals surface area contributed by atoms with Crippen LogP contribution < -0.4 is 0 Å². The molecule has 1 aliphatic rings. The maximum absolute atomic E-state index is 10.7. The fourth-order valence-electron chi connectivity index (χ4n) is 1.78. The van der Waals surface area contributed by atoms with Crippen LogP contribution in [0.5, 0.6) is 0 Å². The molecule has 0 aromatic rings. The Labute approximate surface area is 95.3 Å². The lowest BCUT2D eigenvalue weighted by Gasteiger charge is -2.28. The molecule has 2 atom stereocenters. The molecule has 0 heterocycles. The van der Waals surface area contributed by atoms with Crippen molar-refractivity contribution < 1.29 is 17.9 Å². The van der Waals surface area contributed by atoms with E-state index in [0.29, 0.717) is 0 Å². The molecule has 0 radical (unpaired) electrons. The first kappa shape index (κ1) is 13.2. The number of hydrogen-bond acceptors (Lipinski definition) is 4. The highest BCUT2D eigenvalue weighted by atomic mass is 35.7. The largest absolute Gasteiger partial charge is 0.381 e. The number of methoxy groups -OCH3 is 1. The van der Waals surface area contributed by atoms with Crippen molar-refractivity contribution in [3.63, 3.8) is 0 Å². The van der Waals surface area contributed by atoms with E-state index in [9.17, 15) is 8.42 Å². The van der Waals surface area contributed by atoms with Crippen LogP contribution in [0.25, 0.3) is 0 Å². The Bertz CT molecular complexity index is 278. The van der Waals surface area contributed by atoms with E-state index in [0.717, 1.165) is 25.7 Å². The van der Waals surface area contributed by atoms with Crippen LogP contribution in [0.2, 0.25) is 0 Å². The Balaban J connectivity index is 2.21. The predicted octanol–water partition coefficient (Wildman–Crippen LogP) is 1.53. The van der Waals surface area contributed by atoms with Crippen LogP contribution in [-0.4, -0.2) is 40.1 Å². The predicted molar refractivity (Wildman–Crippen MR) is 58.6 cm³/mol. The molecule has 0 bridgehead atoms. The van der Waals surface area contributed by atoms with Crippen LogP contribution in [0, 0.1) is 0 Å². The SMILES string of the molecule is COC1CCCC(OCCS(=O)(=O)Cl)C1. The van der Waals surface area contributed by atoms with E-state index in [1.165, 1.54) is 0 Å². The monoisotopic (exact) mass is 256 g/mol. The summed E-state index contributed by atoms with van der Waals surface area (Å²) in [5.74, 6) is -0.122. The standard InChI is InChI=1S/C9H17ClO4S/c1-13-8-3-2-4-9(7-8)14-5-6-15(10,11)12/h8-9H,2-7H2,1H3. The first-order valence-corrected chi connectivity index (χ1v) is 7.56. The second kappa shape index (κ2) is 6.03. The summed E-state index contributed by atoms with van der Waals surface area (Å²) < 4.78 is 32.0. The van der Waals surface area contributed by atoms with Gasteiger partial charge in [-0.05, 0) is 25.7 Å². The van der Waals surface area contributed by atoms with Gasteiger partial charge in [-0.15, -0.1) is 0 Å². The number of hydrogen-bond donors (Lipinski definition) is 0. The molecule has 90 valence electrons. The summed E-state index contributed by atoms with van der Waals surface area (Å²) in [7, 11) is 3.34. The maximum atomic E-state index is 10.7.